The van der Waals surface area contributed by atoms with Gasteiger partial charge in [0.2, 0.25) is 5.91 Å². The van der Waals surface area contributed by atoms with Gasteiger partial charge in [-0.05, 0) is 17.7 Å². The van der Waals surface area contributed by atoms with E-state index in [2.05, 4.69) is 10.2 Å². The molecule has 0 saturated carbocycles. The Kier molecular flexibility index (Phi) is 5.04. The summed E-state index contributed by atoms with van der Waals surface area (Å²) in [6.45, 7) is 0. The molecule has 6 nitrogen and oxygen atoms in total. The standard InChI is InChI=1S/C18H18N4O2S/c1-22-17(13-10-6-7-11-14(13)24-2)20-21-18(22)25-15(16(19)23)12-8-4-3-5-9-12/h3-11,15H,1-2H3,(H2,19,23)/t15-/m1/s1. The number of nitrogens with two attached hydrogens (primary N) is 1. The lowest BCUT2D eigenvalue weighted by atomic mass is 10.1. The van der Waals surface area contributed by atoms with Gasteiger partial charge in [-0.1, -0.05) is 54.2 Å². The summed E-state index contributed by atoms with van der Waals surface area (Å²) in [5, 5.41) is 8.56. The fourth-order valence-corrected chi connectivity index (χ4v) is 3.46. The average Bonchev–Trinajstić information content (AvgIpc) is 3.00. The fourth-order valence-electron chi connectivity index (χ4n) is 2.51. The molecule has 0 aliphatic heterocycles. The Morgan fingerprint density at radius 2 is 1.80 bits per heavy atom. The van der Waals surface area contributed by atoms with Gasteiger partial charge in [0.15, 0.2) is 11.0 Å². The van der Waals surface area contributed by atoms with Crippen molar-refractivity contribution in [3.63, 3.8) is 0 Å². The minimum absolute atomic E-state index is 0.418. The van der Waals surface area contributed by atoms with Gasteiger partial charge in [0.1, 0.15) is 11.0 Å². The van der Waals surface area contributed by atoms with Crippen LogP contribution in [0, 0.1) is 0 Å². The third kappa shape index (κ3) is 3.51. The molecule has 0 spiro atoms. The minimum atomic E-state index is -0.533. The van der Waals surface area contributed by atoms with Crippen LogP contribution in [-0.4, -0.2) is 27.8 Å². The van der Waals surface area contributed by atoms with Gasteiger partial charge in [-0.2, -0.15) is 0 Å². The molecular weight excluding hydrogens is 336 g/mol. The number of thioether (sulfide) groups is 1. The molecule has 1 amide bonds. The van der Waals surface area contributed by atoms with Crippen LogP contribution in [0.4, 0.5) is 0 Å². The molecule has 3 rings (SSSR count). The van der Waals surface area contributed by atoms with Crippen LogP contribution in [0.3, 0.4) is 0 Å². The molecular formula is C18H18N4O2S. The molecule has 0 saturated heterocycles. The lowest BCUT2D eigenvalue weighted by Crippen LogP contribution is -2.19. The first-order valence-corrected chi connectivity index (χ1v) is 8.53. The number of benzene rings is 2. The van der Waals surface area contributed by atoms with Gasteiger partial charge in [-0.25, -0.2) is 0 Å². The van der Waals surface area contributed by atoms with Crippen LogP contribution in [0.5, 0.6) is 5.75 Å². The molecule has 2 N–H and O–H groups in total. The van der Waals surface area contributed by atoms with Crippen molar-refractivity contribution in [2.75, 3.05) is 7.11 Å². The number of nitrogens with zero attached hydrogens (tertiary/aromatic N) is 3. The number of aromatic nitrogens is 3. The second kappa shape index (κ2) is 7.40. The van der Waals surface area contributed by atoms with Gasteiger partial charge in [0, 0.05) is 7.05 Å². The van der Waals surface area contributed by atoms with Gasteiger partial charge < -0.3 is 15.0 Å². The largest absolute Gasteiger partial charge is 0.496 e. The molecule has 0 bridgehead atoms. The van der Waals surface area contributed by atoms with Crippen LogP contribution in [0.1, 0.15) is 10.8 Å². The molecule has 0 aliphatic carbocycles. The Bertz CT molecular complexity index is 880. The summed E-state index contributed by atoms with van der Waals surface area (Å²) in [5.74, 6) is 0.957. The molecule has 0 unspecified atom stereocenters. The number of primary amides is 1. The van der Waals surface area contributed by atoms with Gasteiger partial charge in [-0.3, -0.25) is 4.79 Å². The quantitative estimate of drug-likeness (QED) is 0.688. The average molecular weight is 354 g/mol. The van der Waals surface area contributed by atoms with Crippen molar-refractivity contribution in [1.29, 1.82) is 0 Å². The van der Waals surface area contributed by atoms with Gasteiger partial charge in [0.05, 0.1) is 12.7 Å². The topological polar surface area (TPSA) is 83.0 Å². The van der Waals surface area contributed by atoms with Crippen LogP contribution < -0.4 is 10.5 Å². The Balaban J connectivity index is 1.94. The molecule has 1 heterocycles. The maximum atomic E-state index is 11.9. The fraction of sp³-hybridized carbons (Fsp3) is 0.167. The summed E-state index contributed by atoms with van der Waals surface area (Å²) in [6, 6.07) is 17.0. The summed E-state index contributed by atoms with van der Waals surface area (Å²) in [6.07, 6.45) is 0. The van der Waals surface area contributed by atoms with Crippen molar-refractivity contribution in [2.24, 2.45) is 12.8 Å². The number of amides is 1. The maximum Gasteiger partial charge on any atom is 0.235 e. The third-order valence-corrected chi connectivity index (χ3v) is 5.07. The van der Waals surface area contributed by atoms with E-state index >= 15 is 0 Å². The van der Waals surface area contributed by atoms with Crippen LogP contribution >= 0.6 is 11.8 Å². The van der Waals surface area contributed by atoms with E-state index in [0.29, 0.717) is 16.7 Å². The van der Waals surface area contributed by atoms with Crippen molar-refractivity contribution in [3.05, 3.63) is 60.2 Å². The number of hydrogen-bond acceptors (Lipinski definition) is 5. The SMILES string of the molecule is COc1ccccc1-c1nnc(S[C@@H](C(N)=O)c2ccccc2)n1C. The third-order valence-electron chi connectivity index (χ3n) is 3.77. The first-order valence-electron chi connectivity index (χ1n) is 7.65. The predicted molar refractivity (Wildman–Crippen MR) is 97.2 cm³/mol. The summed E-state index contributed by atoms with van der Waals surface area (Å²) < 4.78 is 7.23. The predicted octanol–water partition coefficient (Wildman–Crippen LogP) is 2.81. The summed E-state index contributed by atoms with van der Waals surface area (Å²) in [7, 11) is 3.47. The summed E-state index contributed by atoms with van der Waals surface area (Å²) >= 11 is 1.28. The zero-order valence-corrected chi connectivity index (χ0v) is 14.7. The Morgan fingerprint density at radius 3 is 2.48 bits per heavy atom. The zero-order chi connectivity index (χ0) is 17.8. The second-order valence-corrected chi connectivity index (χ2v) is 6.45. The van der Waals surface area contributed by atoms with Gasteiger partial charge >= 0.3 is 0 Å². The van der Waals surface area contributed by atoms with E-state index in [9.17, 15) is 4.79 Å². The smallest absolute Gasteiger partial charge is 0.235 e. The number of methoxy groups -OCH3 is 1. The van der Waals surface area contributed by atoms with E-state index in [1.807, 2.05) is 66.2 Å². The summed E-state index contributed by atoms with van der Waals surface area (Å²) in [5.41, 5.74) is 7.26. The molecule has 1 aromatic heterocycles. The van der Waals surface area contributed by atoms with E-state index in [0.717, 1.165) is 11.1 Å². The number of ether oxygens (including phenoxy) is 1. The van der Waals surface area contributed by atoms with E-state index in [-0.39, 0.29) is 0 Å². The number of carbonyl (C=O) groups is 1. The second-order valence-electron chi connectivity index (χ2n) is 5.38. The lowest BCUT2D eigenvalue weighted by Gasteiger charge is -2.13. The highest BCUT2D eigenvalue weighted by Crippen LogP contribution is 2.36. The highest BCUT2D eigenvalue weighted by Gasteiger charge is 2.23. The van der Waals surface area contributed by atoms with Crippen molar-refractivity contribution < 1.29 is 9.53 Å². The highest BCUT2D eigenvalue weighted by molar-refractivity contribution is 8.00. The number of rotatable bonds is 6. The molecule has 2 aromatic carbocycles. The number of carbonyl (C=O) groups excluding carboxylic acids is 1. The monoisotopic (exact) mass is 354 g/mol. The first-order chi connectivity index (χ1) is 12.1. The molecule has 0 aliphatic rings. The Labute approximate surface area is 150 Å². The van der Waals surface area contributed by atoms with Crippen molar-refractivity contribution >= 4 is 17.7 Å². The molecule has 7 heteroatoms. The van der Waals surface area contributed by atoms with E-state index in [1.165, 1.54) is 11.8 Å². The molecule has 128 valence electrons. The van der Waals surface area contributed by atoms with Crippen molar-refractivity contribution in [2.45, 2.75) is 10.4 Å². The van der Waals surface area contributed by atoms with Crippen LogP contribution in [0.2, 0.25) is 0 Å². The van der Waals surface area contributed by atoms with Gasteiger partial charge in [-0.15, -0.1) is 10.2 Å². The molecule has 1 atom stereocenters. The number of para-hydroxylation sites is 1. The summed E-state index contributed by atoms with van der Waals surface area (Å²) in [4.78, 5) is 11.9. The molecule has 0 fully saturated rings. The highest BCUT2D eigenvalue weighted by atomic mass is 32.2. The minimum Gasteiger partial charge on any atom is -0.496 e. The molecule has 0 radical (unpaired) electrons. The number of hydrogen-bond donors (Lipinski definition) is 1. The van der Waals surface area contributed by atoms with E-state index < -0.39 is 11.2 Å². The Morgan fingerprint density at radius 1 is 1.12 bits per heavy atom. The van der Waals surface area contributed by atoms with Gasteiger partial charge in [0.25, 0.3) is 0 Å². The van der Waals surface area contributed by atoms with Crippen LogP contribution in [0.15, 0.2) is 59.8 Å². The zero-order valence-electron chi connectivity index (χ0n) is 13.9. The van der Waals surface area contributed by atoms with Crippen LogP contribution in [0.25, 0.3) is 11.4 Å². The van der Waals surface area contributed by atoms with Crippen molar-refractivity contribution in [1.82, 2.24) is 14.8 Å². The van der Waals surface area contributed by atoms with Crippen molar-refractivity contribution in [3.8, 4) is 17.1 Å². The normalized spacial score (nSPS) is 11.9. The molecule has 25 heavy (non-hydrogen) atoms. The first kappa shape index (κ1) is 17.0. The van der Waals surface area contributed by atoms with E-state index in [1.54, 1.807) is 7.11 Å². The Hall–Kier alpha value is -2.80. The lowest BCUT2D eigenvalue weighted by molar-refractivity contribution is -0.117. The van der Waals surface area contributed by atoms with Crippen LogP contribution in [-0.2, 0) is 11.8 Å². The maximum absolute atomic E-state index is 11.9. The van der Waals surface area contributed by atoms with E-state index in [4.69, 9.17) is 10.5 Å². The molecule has 3 aromatic rings.